The normalized spacial score (nSPS) is 14.7. The number of aromatic amines is 1. The van der Waals surface area contributed by atoms with Crippen LogP contribution in [0.3, 0.4) is 0 Å². The Balaban J connectivity index is 1.34. The van der Waals surface area contributed by atoms with E-state index in [9.17, 15) is 9.59 Å². The molecule has 2 aromatic heterocycles. The van der Waals surface area contributed by atoms with Gasteiger partial charge in [0.05, 0.1) is 4.88 Å². The second kappa shape index (κ2) is 8.71. The van der Waals surface area contributed by atoms with Crippen LogP contribution in [0.15, 0.2) is 47.8 Å². The molecule has 29 heavy (non-hydrogen) atoms. The summed E-state index contributed by atoms with van der Waals surface area (Å²) in [5.74, 6) is 0.622. The Morgan fingerprint density at radius 1 is 1.17 bits per heavy atom. The zero-order chi connectivity index (χ0) is 20.2. The lowest BCUT2D eigenvalue weighted by molar-refractivity contribution is -0.132. The molecular weight excluding hydrogens is 406 g/mol. The number of likely N-dealkylation sites (tertiary alicyclic amines) is 1. The molecule has 9 heteroatoms. The van der Waals surface area contributed by atoms with E-state index in [0.717, 1.165) is 17.7 Å². The number of rotatable bonds is 5. The van der Waals surface area contributed by atoms with Crippen LogP contribution in [0.1, 0.15) is 23.2 Å². The molecule has 7 nitrogen and oxygen atoms in total. The van der Waals surface area contributed by atoms with Crippen molar-refractivity contribution >= 4 is 35.4 Å². The van der Waals surface area contributed by atoms with Crippen molar-refractivity contribution in [2.45, 2.75) is 25.4 Å². The molecule has 1 aliphatic rings. The Morgan fingerprint density at radius 3 is 2.62 bits per heavy atom. The highest BCUT2D eigenvalue weighted by molar-refractivity contribution is 7.71. The second-order valence-corrected chi connectivity index (χ2v) is 8.24. The summed E-state index contributed by atoms with van der Waals surface area (Å²) in [5.41, 5.74) is 0.654. The maximum Gasteiger partial charge on any atom is 0.251 e. The minimum absolute atomic E-state index is 0.00754. The van der Waals surface area contributed by atoms with Gasteiger partial charge in [0.1, 0.15) is 6.54 Å². The fraction of sp³-hybridized carbons (Fsp3) is 0.300. The molecular formula is C20H21N5O2S2. The average molecular weight is 428 g/mol. The first-order valence-corrected chi connectivity index (χ1v) is 10.7. The van der Waals surface area contributed by atoms with Gasteiger partial charge in [-0.3, -0.25) is 19.3 Å². The third-order valence-corrected chi connectivity index (χ3v) is 6.19. The summed E-state index contributed by atoms with van der Waals surface area (Å²) in [6.07, 6.45) is 1.47. The van der Waals surface area contributed by atoms with Crippen molar-refractivity contribution in [2.24, 2.45) is 0 Å². The molecule has 0 radical (unpaired) electrons. The molecule has 0 atom stereocenters. The number of hydrogen-bond donors (Lipinski definition) is 2. The fourth-order valence-corrected chi connectivity index (χ4v) is 4.34. The Hall–Kier alpha value is -2.78. The molecule has 0 bridgehead atoms. The number of carbonyl (C=O) groups excluding carboxylic acids is 2. The van der Waals surface area contributed by atoms with Gasteiger partial charge in [-0.15, -0.1) is 11.3 Å². The molecule has 1 fully saturated rings. The van der Waals surface area contributed by atoms with Gasteiger partial charge in [-0.2, -0.15) is 5.10 Å². The van der Waals surface area contributed by atoms with E-state index in [4.69, 9.17) is 12.2 Å². The van der Waals surface area contributed by atoms with Crippen molar-refractivity contribution in [1.29, 1.82) is 0 Å². The zero-order valence-corrected chi connectivity index (χ0v) is 17.3. The molecule has 0 spiro atoms. The van der Waals surface area contributed by atoms with Gasteiger partial charge in [0.15, 0.2) is 10.6 Å². The Labute approximate surface area is 177 Å². The molecule has 1 aliphatic heterocycles. The van der Waals surface area contributed by atoms with E-state index in [2.05, 4.69) is 15.5 Å². The predicted octanol–water partition coefficient (Wildman–Crippen LogP) is 3.09. The van der Waals surface area contributed by atoms with Gasteiger partial charge in [0.25, 0.3) is 5.91 Å². The van der Waals surface area contributed by atoms with E-state index in [1.54, 1.807) is 28.0 Å². The van der Waals surface area contributed by atoms with Gasteiger partial charge >= 0.3 is 0 Å². The van der Waals surface area contributed by atoms with Crippen LogP contribution in [-0.4, -0.2) is 50.6 Å². The van der Waals surface area contributed by atoms with Crippen molar-refractivity contribution in [3.05, 3.63) is 58.2 Å². The van der Waals surface area contributed by atoms with Crippen LogP contribution in [0.2, 0.25) is 0 Å². The number of amides is 2. The summed E-state index contributed by atoms with van der Waals surface area (Å²) in [6, 6.07) is 13.2. The highest BCUT2D eigenvalue weighted by Gasteiger charge is 2.25. The maximum absolute atomic E-state index is 12.8. The molecule has 3 aromatic rings. The van der Waals surface area contributed by atoms with Crippen LogP contribution in [0.4, 0.5) is 0 Å². The van der Waals surface area contributed by atoms with Crippen LogP contribution >= 0.6 is 23.6 Å². The lowest BCUT2D eigenvalue weighted by atomic mass is 10.0. The molecule has 2 amide bonds. The Bertz CT molecular complexity index is 1030. The Morgan fingerprint density at radius 2 is 1.93 bits per heavy atom. The minimum Gasteiger partial charge on any atom is -0.349 e. The standard InChI is InChI=1S/C20H21N5O2S2/c26-17(13-25-18(22-23-20(25)28)16-7-4-12-29-16)24-10-8-15(9-11-24)21-19(27)14-5-2-1-3-6-14/h1-7,12,15H,8-11,13H2,(H,21,27)(H,23,28). The third kappa shape index (κ3) is 4.46. The van der Waals surface area contributed by atoms with Gasteiger partial charge in [-0.25, -0.2) is 0 Å². The molecule has 2 N–H and O–H groups in total. The van der Waals surface area contributed by atoms with Crippen LogP contribution < -0.4 is 5.32 Å². The molecule has 1 aromatic carbocycles. The monoisotopic (exact) mass is 427 g/mol. The molecule has 0 saturated carbocycles. The first-order valence-electron chi connectivity index (χ1n) is 9.44. The number of carbonyl (C=O) groups is 2. The van der Waals surface area contributed by atoms with Crippen molar-refractivity contribution in [1.82, 2.24) is 25.0 Å². The summed E-state index contributed by atoms with van der Waals surface area (Å²) in [7, 11) is 0. The van der Waals surface area contributed by atoms with E-state index in [0.29, 0.717) is 29.2 Å². The number of nitrogens with zero attached hydrogens (tertiary/aromatic N) is 3. The highest BCUT2D eigenvalue weighted by Crippen LogP contribution is 2.23. The molecule has 1 saturated heterocycles. The van der Waals surface area contributed by atoms with Gasteiger partial charge in [0, 0.05) is 24.7 Å². The third-order valence-electron chi connectivity index (χ3n) is 5.01. The van der Waals surface area contributed by atoms with Crippen LogP contribution in [0.25, 0.3) is 10.7 Å². The molecule has 4 rings (SSSR count). The van der Waals surface area contributed by atoms with Gasteiger partial charge in [-0.1, -0.05) is 24.3 Å². The summed E-state index contributed by atoms with van der Waals surface area (Å²) in [5, 5.41) is 12.1. The van der Waals surface area contributed by atoms with E-state index < -0.39 is 0 Å². The highest BCUT2D eigenvalue weighted by atomic mass is 32.1. The predicted molar refractivity (Wildman–Crippen MR) is 114 cm³/mol. The lowest BCUT2D eigenvalue weighted by Gasteiger charge is -2.32. The number of nitrogens with one attached hydrogen (secondary N) is 2. The largest absolute Gasteiger partial charge is 0.349 e. The number of aromatic nitrogens is 3. The van der Waals surface area contributed by atoms with Crippen molar-refractivity contribution in [3.63, 3.8) is 0 Å². The second-order valence-electron chi connectivity index (χ2n) is 6.91. The summed E-state index contributed by atoms with van der Waals surface area (Å²) < 4.78 is 2.18. The fourth-order valence-electron chi connectivity index (χ4n) is 3.43. The van der Waals surface area contributed by atoms with Gasteiger partial charge in [0.2, 0.25) is 5.91 Å². The molecule has 150 valence electrons. The lowest BCUT2D eigenvalue weighted by Crippen LogP contribution is -2.47. The van der Waals surface area contributed by atoms with Gasteiger partial charge < -0.3 is 10.2 Å². The maximum atomic E-state index is 12.8. The summed E-state index contributed by atoms with van der Waals surface area (Å²) in [6.45, 7) is 1.37. The van der Waals surface area contributed by atoms with Crippen LogP contribution in [-0.2, 0) is 11.3 Å². The van der Waals surface area contributed by atoms with E-state index in [1.165, 1.54) is 0 Å². The number of thiophene rings is 1. The topological polar surface area (TPSA) is 83.0 Å². The number of hydrogen-bond acceptors (Lipinski definition) is 5. The molecule has 0 aliphatic carbocycles. The van der Waals surface area contributed by atoms with E-state index >= 15 is 0 Å². The zero-order valence-electron chi connectivity index (χ0n) is 15.7. The van der Waals surface area contributed by atoms with Crippen molar-refractivity contribution in [3.8, 4) is 10.7 Å². The number of benzene rings is 1. The van der Waals surface area contributed by atoms with Gasteiger partial charge in [-0.05, 0) is 48.6 Å². The van der Waals surface area contributed by atoms with E-state index in [1.807, 2.05) is 40.6 Å². The summed E-state index contributed by atoms with van der Waals surface area (Å²) in [4.78, 5) is 27.9. The molecule has 0 unspecified atom stereocenters. The van der Waals surface area contributed by atoms with Crippen molar-refractivity contribution < 1.29 is 9.59 Å². The van der Waals surface area contributed by atoms with Crippen LogP contribution in [0.5, 0.6) is 0 Å². The summed E-state index contributed by atoms with van der Waals surface area (Å²) >= 11 is 6.87. The minimum atomic E-state index is -0.0688. The quantitative estimate of drug-likeness (QED) is 0.613. The SMILES string of the molecule is O=C(NC1CCN(C(=O)Cn2c(-c3cccs3)n[nH]c2=S)CC1)c1ccccc1. The smallest absolute Gasteiger partial charge is 0.251 e. The van der Waals surface area contributed by atoms with Crippen LogP contribution in [0, 0.1) is 4.77 Å². The first-order chi connectivity index (χ1) is 14.1. The number of H-pyrrole nitrogens is 1. The number of piperidine rings is 1. The van der Waals surface area contributed by atoms with Crippen molar-refractivity contribution in [2.75, 3.05) is 13.1 Å². The Kier molecular flexibility index (Phi) is 5.86. The molecule has 3 heterocycles. The van der Waals surface area contributed by atoms with E-state index in [-0.39, 0.29) is 24.4 Å². The average Bonchev–Trinajstić information content (AvgIpc) is 3.39. The first kappa shape index (κ1) is 19.5.